The van der Waals surface area contributed by atoms with Crippen LogP contribution < -0.4 is 10.2 Å². The predicted molar refractivity (Wildman–Crippen MR) is 115 cm³/mol. The van der Waals surface area contributed by atoms with Gasteiger partial charge in [0.1, 0.15) is 5.82 Å². The number of para-hydroxylation sites is 1. The first-order valence-electron chi connectivity index (χ1n) is 11.2. The molecule has 4 saturated carbocycles. The van der Waals surface area contributed by atoms with E-state index in [0.29, 0.717) is 10.8 Å². The van der Waals surface area contributed by atoms with E-state index in [4.69, 9.17) is 9.97 Å². The molecule has 2 atom stereocenters. The minimum Gasteiger partial charge on any atom is -0.364 e. The molecule has 2 aromatic rings. The van der Waals surface area contributed by atoms with E-state index in [1.54, 1.807) is 0 Å². The highest BCUT2D eigenvalue weighted by Crippen LogP contribution is 2.66. The highest BCUT2D eigenvalue weighted by Gasteiger charge is 2.60. The molecule has 4 heteroatoms. The number of hydrogen-bond acceptors (Lipinski definition) is 4. The minimum atomic E-state index is 0.211. The largest absolute Gasteiger partial charge is 0.364 e. The molecule has 1 aromatic carbocycles. The second-order valence-corrected chi connectivity index (χ2v) is 11.1. The second kappa shape index (κ2) is 5.61. The van der Waals surface area contributed by atoms with Crippen LogP contribution in [-0.2, 0) is 0 Å². The number of rotatable bonds is 3. The van der Waals surface area contributed by atoms with Gasteiger partial charge < -0.3 is 10.2 Å². The number of aromatic nitrogens is 2. The second-order valence-electron chi connectivity index (χ2n) is 11.1. The van der Waals surface area contributed by atoms with E-state index in [0.717, 1.165) is 36.3 Å². The van der Waals surface area contributed by atoms with E-state index in [1.165, 1.54) is 56.8 Å². The SMILES string of the molecule is C[C@@]12CC3CC(Nc4nc(N5CCCC5)nc5ccccc45)(C1)C[C@@](C)(C3)C2. The maximum absolute atomic E-state index is 5.11. The Hall–Kier alpha value is -1.84. The molecule has 28 heavy (non-hydrogen) atoms. The fourth-order valence-electron chi connectivity index (χ4n) is 8.06. The Morgan fingerprint density at radius 3 is 2.36 bits per heavy atom. The van der Waals surface area contributed by atoms with E-state index in [2.05, 4.69) is 48.3 Å². The summed E-state index contributed by atoms with van der Waals surface area (Å²) in [5, 5.41) is 5.24. The molecular weight excluding hydrogens is 344 g/mol. The average molecular weight is 377 g/mol. The summed E-state index contributed by atoms with van der Waals surface area (Å²) in [5.41, 5.74) is 2.29. The Balaban J connectivity index is 1.43. The lowest BCUT2D eigenvalue weighted by Gasteiger charge is -2.65. The monoisotopic (exact) mass is 376 g/mol. The Labute approximate surface area is 168 Å². The molecule has 4 aliphatic carbocycles. The van der Waals surface area contributed by atoms with Gasteiger partial charge in [0.25, 0.3) is 0 Å². The van der Waals surface area contributed by atoms with E-state index < -0.39 is 0 Å². The lowest BCUT2D eigenvalue weighted by molar-refractivity contribution is -0.0973. The van der Waals surface area contributed by atoms with Crippen molar-refractivity contribution < 1.29 is 0 Å². The third-order valence-electron chi connectivity index (χ3n) is 7.99. The third-order valence-corrected chi connectivity index (χ3v) is 7.99. The predicted octanol–water partition coefficient (Wildman–Crippen LogP) is 5.39. The van der Waals surface area contributed by atoms with Crippen LogP contribution in [-0.4, -0.2) is 28.6 Å². The fourth-order valence-corrected chi connectivity index (χ4v) is 8.06. The van der Waals surface area contributed by atoms with Crippen LogP contribution in [0.15, 0.2) is 24.3 Å². The van der Waals surface area contributed by atoms with Gasteiger partial charge in [0.2, 0.25) is 5.95 Å². The number of nitrogens with zero attached hydrogens (tertiary/aromatic N) is 3. The van der Waals surface area contributed by atoms with Gasteiger partial charge in [-0.1, -0.05) is 26.0 Å². The summed E-state index contributed by atoms with van der Waals surface area (Å²) in [6.45, 7) is 7.25. The van der Waals surface area contributed by atoms with Crippen molar-refractivity contribution in [3.8, 4) is 0 Å². The summed E-state index contributed by atoms with van der Waals surface area (Å²) in [6.07, 6.45) is 10.7. The van der Waals surface area contributed by atoms with Crippen LogP contribution >= 0.6 is 0 Å². The normalized spacial score (nSPS) is 39.1. The molecule has 0 amide bonds. The number of hydrogen-bond donors (Lipinski definition) is 1. The van der Waals surface area contributed by atoms with Gasteiger partial charge in [-0.2, -0.15) is 4.98 Å². The van der Waals surface area contributed by atoms with Crippen LogP contribution in [0, 0.1) is 16.7 Å². The van der Waals surface area contributed by atoms with Gasteiger partial charge in [0.15, 0.2) is 0 Å². The van der Waals surface area contributed by atoms with E-state index in [1.807, 2.05) is 0 Å². The summed E-state index contributed by atoms with van der Waals surface area (Å²) in [5.74, 6) is 2.87. The van der Waals surface area contributed by atoms with E-state index in [9.17, 15) is 0 Å². The molecule has 4 nitrogen and oxygen atoms in total. The summed E-state index contributed by atoms with van der Waals surface area (Å²) in [4.78, 5) is 12.4. The smallest absolute Gasteiger partial charge is 0.227 e. The van der Waals surface area contributed by atoms with Gasteiger partial charge in [-0.15, -0.1) is 0 Å². The zero-order chi connectivity index (χ0) is 19.0. The first-order valence-corrected chi connectivity index (χ1v) is 11.2. The summed E-state index contributed by atoms with van der Waals surface area (Å²) in [6, 6.07) is 8.55. The molecule has 1 aromatic heterocycles. The lowest BCUT2D eigenvalue weighted by Crippen LogP contribution is -2.61. The van der Waals surface area contributed by atoms with Crippen molar-refractivity contribution in [1.82, 2.24) is 9.97 Å². The van der Waals surface area contributed by atoms with Gasteiger partial charge in [-0.25, -0.2) is 4.98 Å². The van der Waals surface area contributed by atoms with Gasteiger partial charge in [-0.05, 0) is 80.2 Å². The van der Waals surface area contributed by atoms with E-state index in [-0.39, 0.29) is 5.54 Å². The Bertz CT molecular complexity index is 913. The van der Waals surface area contributed by atoms with Crippen molar-refractivity contribution in [2.75, 3.05) is 23.3 Å². The number of fused-ring (bicyclic) bond motifs is 1. The topological polar surface area (TPSA) is 41.1 Å². The van der Waals surface area contributed by atoms with Gasteiger partial charge in [0.05, 0.1) is 5.52 Å². The molecule has 1 aliphatic heterocycles. The van der Waals surface area contributed by atoms with Crippen LogP contribution in [0.3, 0.4) is 0 Å². The molecule has 0 radical (unpaired) electrons. The average Bonchev–Trinajstić information content (AvgIpc) is 3.13. The molecule has 0 spiro atoms. The number of nitrogens with one attached hydrogen (secondary N) is 1. The highest BCUT2D eigenvalue weighted by atomic mass is 15.3. The zero-order valence-corrected chi connectivity index (χ0v) is 17.3. The van der Waals surface area contributed by atoms with E-state index >= 15 is 0 Å². The molecule has 2 heterocycles. The Kier molecular flexibility index (Phi) is 3.42. The van der Waals surface area contributed by atoms with Crippen LogP contribution in [0.1, 0.15) is 65.2 Å². The van der Waals surface area contributed by atoms with Crippen LogP contribution in [0.25, 0.3) is 10.9 Å². The van der Waals surface area contributed by atoms with Gasteiger partial charge >= 0.3 is 0 Å². The van der Waals surface area contributed by atoms with Crippen molar-refractivity contribution >= 4 is 22.7 Å². The highest BCUT2D eigenvalue weighted by molar-refractivity contribution is 5.90. The van der Waals surface area contributed by atoms with Crippen molar-refractivity contribution in [2.45, 2.75) is 70.8 Å². The molecule has 7 rings (SSSR count). The summed E-state index contributed by atoms with van der Waals surface area (Å²) in [7, 11) is 0. The molecular formula is C24H32N4. The molecule has 5 aliphatic rings. The van der Waals surface area contributed by atoms with Gasteiger partial charge in [0, 0.05) is 24.0 Å². The maximum atomic E-state index is 5.11. The Morgan fingerprint density at radius 2 is 1.64 bits per heavy atom. The quantitative estimate of drug-likeness (QED) is 0.780. The van der Waals surface area contributed by atoms with Crippen LogP contribution in [0.5, 0.6) is 0 Å². The first-order chi connectivity index (χ1) is 13.4. The number of benzene rings is 1. The standard InChI is InChI=1S/C24H32N4/c1-22-11-17-12-23(2,14-22)16-24(13-17,15-22)27-20-18-7-3-4-8-19(18)25-21(26-20)28-9-5-6-10-28/h3-4,7-8,17H,5-6,9-16H2,1-2H3,(H,25,26,27)/t17?,22-,23-,24?/m0/s1. The van der Waals surface area contributed by atoms with Crippen molar-refractivity contribution in [3.05, 3.63) is 24.3 Å². The molecule has 1 saturated heterocycles. The van der Waals surface area contributed by atoms with Crippen LogP contribution in [0.4, 0.5) is 11.8 Å². The van der Waals surface area contributed by atoms with Crippen LogP contribution in [0.2, 0.25) is 0 Å². The lowest BCUT2D eigenvalue weighted by atomic mass is 9.43. The Morgan fingerprint density at radius 1 is 0.929 bits per heavy atom. The molecule has 148 valence electrons. The van der Waals surface area contributed by atoms with Crippen molar-refractivity contribution in [1.29, 1.82) is 0 Å². The van der Waals surface area contributed by atoms with Crippen molar-refractivity contribution in [2.24, 2.45) is 16.7 Å². The third kappa shape index (κ3) is 2.63. The summed E-state index contributed by atoms with van der Waals surface area (Å²) < 4.78 is 0. The van der Waals surface area contributed by atoms with Gasteiger partial charge in [-0.3, -0.25) is 0 Å². The maximum Gasteiger partial charge on any atom is 0.227 e. The molecule has 5 fully saturated rings. The molecule has 4 bridgehead atoms. The minimum absolute atomic E-state index is 0.211. The molecule has 1 N–H and O–H groups in total. The molecule has 0 unspecified atom stereocenters. The number of anilines is 2. The zero-order valence-electron chi connectivity index (χ0n) is 17.3. The first kappa shape index (κ1) is 17.1. The van der Waals surface area contributed by atoms with Crippen molar-refractivity contribution in [3.63, 3.8) is 0 Å². The fraction of sp³-hybridized carbons (Fsp3) is 0.667. The summed E-state index contributed by atoms with van der Waals surface area (Å²) >= 11 is 0.